The molecule has 0 unspecified atom stereocenters. The minimum absolute atomic E-state index is 0.0963. The summed E-state index contributed by atoms with van der Waals surface area (Å²) in [5.41, 5.74) is 1.48. The third-order valence-corrected chi connectivity index (χ3v) is 4.54. The Morgan fingerprint density at radius 3 is 2.76 bits per heavy atom. The Balaban J connectivity index is 1.64. The van der Waals surface area contributed by atoms with Gasteiger partial charge in [0.05, 0.1) is 5.56 Å². The van der Waals surface area contributed by atoms with E-state index in [0.29, 0.717) is 5.56 Å². The molecule has 1 fully saturated rings. The van der Waals surface area contributed by atoms with Gasteiger partial charge in [0.2, 0.25) is 0 Å². The molecule has 2 aliphatic rings. The van der Waals surface area contributed by atoms with Crippen LogP contribution in [0.4, 0.5) is 5.82 Å². The molecule has 0 radical (unpaired) electrons. The van der Waals surface area contributed by atoms with Gasteiger partial charge in [0.1, 0.15) is 5.82 Å². The molecule has 1 amide bonds. The summed E-state index contributed by atoms with van der Waals surface area (Å²) in [5.74, 6) is 3.15. The van der Waals surface area contributed by atoms with Gasteiger partial charge in [-0.05, 0) is 31.1 Å². The van der Waals surface area contributed by atoms with E-state index in [1.54, 1.807) is 6.20 Å². The number of anilines is 1. The highest BCUT2D eigenvalue weighted by Crippen LogP contribution is 2.17. The third kappa shape index (κ3) is 3.67. The Morgan fingerprint density at radius 2 is 2.10 bits per heavy atom. The van der Waals surface area contributed by atoms with Crippen molar-refractivity contribution in [3.8, 4) is 0 Å². The maximum absolute atomic E-state index is 12.2. The SMILES string of the molecule is O=C(NC1=CCCC=C1)c1ccc(N2CCSCC2)nc1. The van der Waals surface area contributed by atoms with Crippen LogP contribution in [0.2, 0.25) is 0 Å². The number of aromatic nitrogens is 1. The second-order valence-corrected chi connectivity index (χ2v) is 6.32. The lowest BCUT2D eigenvalue weighted by atomic mass is 10.1. The van der Waals surface area contributed by atoms with Crippen molar-refractivity contribution in [2.45, 2.75) is 12.8 Å². The Kier molecular flexibility index (Phi) is 4.60. The van der Waals surface area contributed by atoms with Crippen LogP contribution in [-0.2, 0) is 0 Å². The number of pyridine rings is 1. The van der Waals surface area contributed by atoms with Gasteiger partial charge in [-0.2, -0.15) is 11.8 Å². The molecule has 5 heteroatoms. The molecule has 0 spiro atoms. The van der Waals surface area contributed by atoms with Gasteiger partial charge in [0.25, 0.3) is 5.91 Å². The lowest BCUT2D eigenvalue weighted by Gasteiger charge is -2.27. The first-order valence-electron chi connectivity index (χ1n) is 7.30. The zero-order valence-corrected chi connectivity index (χ0v) is 12.7. The van der Waals surface area contributed by atoms with E-state index in [0.717, 1.165) is 49.0 Å². The quantitative estimate of drug-likeness (QED) is 0.932. The molecule has 1 aliphatic carbocycles. The number of carbonyl (C=O) groups is 1. The average molecular weight is 301 g/mol. The highest BCUT2D eigenvalue weighted by molar-refractivity contribution is 7.99. The normalized spacial score (nSPS) is 18.3. The standard InChI is InChI=1S/C16H19N3OS/c20-16(18-14-4-2-1-3-5-14)13-6-7-15(17-12-13)19-8-10-21-11-9-19/h2,4-7,12H,1,3,8-11H2,(H,18,20). The molecular formula is C16H19N3OS. The first-order valence-corrected chi connectivity index (χ1v) is 8.45. The molecule has 0 aromatic carbocycles. The molecule has 4 nitrogen and oxygen atoms in total. The molecule has 1 saturated heterocycles. The summed E-state index contributed by atoms with van der Waals surface area (Å²) in [6, 6.07) is 3.79. The van der Waals surface area contributed by atoms with Crippen molar-refractivity contribution in [2.24, 2.45) is 0 Å². The van der Waals surface area contributed by atoms with Crippen LogP contribution in [0, 0.1) is 0 Å². The predicted octanol–water partition coefficient (Wildman–Crippen LogP) is 2.60. The van der Waals surface area contributed by atoms with E-state index >= 15 is 0 Å². The minimum atomic E-state index is -0.0963. The zero-order chi connectivity index (χ0) is 14.5. The summed E-state index contributed by atoms with van der Waals surface area (Å²) >= 11 is 1.97. The van der Waals surface area contributed by atoms with Crippen molar-refractivity contribution in [3.05, 3.63) is 47.8 Å². The first kappa shape index (κ1) is 14.2. The Morgan fingerprint density at radius 1 is 1.24 bits per heavy atom. The lowest BCUT2D eigenvalue weighted by Crippen LogP contribution is -2.33. The molecule has 1 N–H and O–H groups in total. The van der Waals surface area contributed by atoms with E-state index in [1.807, 2.05) is 36.0 Å². The maximum atomic E-state index is 12.2. The van der Waals surface area contributed by atoms with E-state index in [-0.39, 0.29) is 5.91 Å². The number of nitrogens with zero attached hydrogens (tertiary/aromatic N) is 2. The van der Waals surface area contributed by atoms with Crippen LogP contribution in [0.5, 0.6) is 0 Å². The van der Waals surface area contributed by atoms with Crippen LogP contribution in [0.15, 0.2) is 42.3 Å². The molecule has 0 saturated carbocycles. The van der Waals surface area contributed by atoms with Crippen molar-refractivity contribution in [2.75, 3.05) is 29.5 Å². The number of rotatable bonds is 3. The van der Waals surface area contributed by atoms with Gasteiger partial charge in [-0.25, -0.2) is 4.98 Å². The highest BCUT2D eigenvalue weighted by Gasteiger charge is 2.13. The van der Waals surface area contributed by atoms with Crippen LogP contribution in [0.1, 0.15) is 23.2 Å². The van der Waals surface area contributed by atoms with Crippen molar-refractivity contribution in [1.29, 1.82) is 0 Å². The second-order valence-electron chi connectivity index (χ2n) is 5.10. The van der Waals surface area contributed by atoms with Gasteiger partial charge in [0, 0.05) is 36.5 Å². The van der Waals surface area contributed by atoms with Crippen LogP contribution >= 0.6 is 11.8 Å². The fourth-order valence-corrected chi connectivity index (χ4v) is 3.31. The number of nitrogens with one attached hydrogen (secondary N) is 1. The van der Waals surface area contributed by atoms with Crippen molar-refractivity contribution in [3.63, 3.8) is 0 Å². The molecule has 3 rings (SSSR count). The number of thioether (sulfide) groups is 1. The van der Waals surface area contributed by atoms with Gasteiger partial charge >= 0.3 is 0 Å². The molecule has 1 aliphatic heterocycles. The fourth-order valence-electron chi connectivity index (χ4n) is 2.41. The summed E-state index contributed by atoms with van der Waals surface area (Å²) in [4.78, 5) is 18.9. The monoisotopic (exact) mass is 301 g/mol. The van der Waals surface area contributed by atoms with E-state index in [1.165, 1.54) is 0 Å². The smallest absolute Gasteiger partial charge is 0.257 e. The molecule has 1 aromatic heterocycles. The van der Waals surface area contributed by atoms with Gasteiger partial charge in [-0.1, -0.05) is 12.2 Å². The van der Waals surface area contributed by atoms with Crippen LogP contribution in [-0.4, -0.2) is 35.5 Å². The molecule has 0 bridgehead atoms. The van der Waals surface area contributed by atoms with Crippen LogP contribution < -0.4 is 10.2 Å². The van der Waals surface area contributed by atoms with E-state index < -0.39 is 0 Å². The number of amides is 1. The summed E-state index contributed by atoms with van der Waals surface area (Å²) in [5, 5.41) is 2.91. The van der Waals surface area contributed by atoms with Gasteiger partial charge < -0.3 is 10.2 Å². The van der Waals surface area contributed by atoms with E-state index in [4.69, 9.17) is 0 Å². The Labute approximate surface area is 129 Å². The molecule has 21 heavy (non-hydrogen) atoms. The fraction of sp³-hybridized carbons (Fsp3) is 0.375. The molecule has 0 atom stereocenters. The summed E-state index contributed by atoms with van der Waals surface area (Å²) in [6.07, 6.45) is 9.77. The van der Waals surface area contributed by atoms with E-state index in [9.17, 15) is 4.79 Å². The largest absolute Gasteiger partial charge is 0.355 e. The topological polar surface area (TPSA) is 45.2 Å². The van der Waals surface area contributed by atoms with E-state index in [2.05, 4.69) is 21.3 Å². The highest BCUT2D eigenvalue weighted by atomic mass is 32.2. The minimum Gasteiger partial charge on any atom is -0.355 e. The summed E-state index contributed by atoms with van der Waals surface area (Å²) in [6.45, 7) is 2.06. The van der Waals surface area contributed by atoms with Crippen LogP contribution in [0.3, 0.4) is 0 Å². The van der Waals surface area contributed by atoms with Gasteiger partial charge in [-0.15, -0.1) is 0 Å². The predicted molar refractivity (Wildman–Crippen MR) is 87.7 cm³/mol. The Bertz CT molecular complexity index is 559. The lowest BCUT2D eigenvalue weighted by molar-refractivity contribution is 0.0966. The van der Waals surface area contributed by atoms with Crippen molar-refractivity contribution >= 4 is 23.5 Å². The van der Waals surface area contributed by atoms with Crippen molar-refractivity contribution < 1.29 is 4.79 Å². The Hall–Kier alpha value is -1.75. The summed E-state index contributed by atoms with van der Waals surface area (Å²) < 4.78 is 0. The maximum Gasteiger partial charge on any atom is 0.257 e. The zero-order valence-electron chi connectivity index (χ0n) is 11.9. The number of carbonyl (C=O) groups excluding carboxylic acids is 1. The molecule has 110 valence electrons. The van der Waals surface area contributed by atoms with Crippen molar-refractivity contribution in [1.82, 2.24) is 10.3 Å². The molecule has 1 aromatic rings. The number of allylic oxidation sites excluding steroid dienone is 3. The summed E-state index contributed by atoms with van der Waals surface area (Å²) in [7, 11) is 0. The molecular weight excluding hydrogens is 282 g/mol. The van der Waals surface area contributed by atoms with Gasteiger partial charge in [-0.3, -0.25) is 4.79 Å². The van der Waals surface area contributed by atoms with Crippen LogP contribution in [0.25, 0.3) is 0 Å². The average Bonchev–Trinajstić information content (AvgIpc) is 2.57. The number of hydrogen-bond acceptors (Lipinski definition) is 4. The first-order chi connectivity index (χ1) is 10.3. The molecule has 2 heterocycles. The third-order valence-electron chi connectivity index (χ3n) is 3.60. The number of hydrogen-bond donors (Lipinski definition) is 1. The van der Waals surface area contributed by atoms with Gasteiger partial charge in [0.15, 0.2) is 0 Å². The second kappa shape index (κ2) is 6.80.